The lowest BCUT2D eigenvalue weighted by atomic mass is 10.2. The summed E-state index contributed by atoms with van der Waals surface area (Å²) < 4.78 is 2.09. The maximum atomic E-state index is 6.12. The number of hydrogen-bond acceptors (Lipinski definition) is 2. The zero-order chi connectivity index (χ0) is 13.9. The van der Waals surface area contributed by atoms with Gasteiger partial charge >= 0.3 is 0 Å². The van der Waals surface area contributed by atoms with E-state index in [1.165, 1.54) is 0 Å². The van der Waals surface area contributed by atoms with Crippen molar-refractivity contribution >= 4 is 34.8 Å². The molecule has 3 nitrogen and oxygen atoms in total. The number of aliphatic imine (C=N–C) groups is 1. The van der Waals surface area contributed by atoms with E-state index in [0.29, 0.717) is 11.0 Å². The summed E-state index contributed by atoms with van der Waals surface area (Å²) >= 11 is 6.12. The molecule has 0 aliphatic heterocycles. The normalized spacial score (nSPS) is 11.5. The number of imidazole rings is 1. The van der Waals surface area contributed by atoms with E-state index in [4.69, 9.17) is 11.6 Å². The van der Waals surface area contributed by atoms with Gasteiger partial charge in [0.15, 0.2) is 0 Å². The summed E-state index contributed by atoms with van der Waals surface area (Å²) in [5.41, 5.74) is 2.95. The topological polar surface area (TPSA) is 30.2 Å². The number of para-hydroxylation sites is 2. The fraction of sp³-hybridized carbons (Fsp3) is 0.125. The predicted octanol–water partition coefficient (Wildman–Crippen LogP) is 4.46. The largest absolute Gasteiger partial charge is 0.309 e. The average molecular weight is 284 g/mol. The lowest BCUT2D eigenvalue weighted by Gasteiger charge is -2.01. The fourth-order valence-electron chi connectivity index (χ4n) is 2.18. The van der Waals surface area contributed by atoms with Crippen molar-refractivity contribution in [3.8, 4) is 0 Å². The summed E-state index contributed by atoms with van der Waals surface area (Å²) in [6, 6.07) is 15.7. The van der Waals surface area contributed by atoms with Crippen LogP contribution in [0.4, 0.5) is 5.95 Å². The van der Waals surface area contributed by atoms with Gasteiger partial charge in [-0.25, -0.2) is 9.98 Å². The molecule has 3 rings (SSSR count). The van der Waals surface area contributed by atoms with E-state index >= 15 is 0 Å². The minimum Gasteiger partial charge on any atom is -0.309 e. The first-order valence-electron chi connectivity index (χ1n) is 6.53. The smallest absolute Gasteiger partial charge is 0.230 e. The fourth-order valence-corrected chi connectivity index (χ4v) is 2.36. The third-order valence-corrected chi connectivity index (χ3v) is 3.52. The monoisotopic (exact) mass is 283 g/mol. The van der Waals surface area contributed by atoms with Gasteiger partial charge in [-0.1, -0.05) is 41.9 Å². The number of aromatic nitrogens is 2. The van der Waals surface area contributed by atoms with Crippen molar-refractivity contribution in [1.29, 1.82) is 0 Å². The van der Waals surface area contributed by atoms with E-state index < -0.39 is 0 Å². The van der Waals surface area contributed by atoms with Gasteiger partial charge in [-0.2, -0.15) is 0 Å². The Morgan fingerprint density at radius 3 is 2.70 bits per heavy atom. The maximum absolute atomic E-state index is 6.12. The van der Waals surface area contributed by atoms with Crippen LogP contribution < -0.4 is 0 Å². The van der Waals surface area contributed by atoms with Crippen LogP contribution in [0.3, 0.4) is 0 Å². The Hall–Kier alpha value is -2.13. The molecule has 4 heteroatoms. The second-order valence-corrected chi connectivity index (χ2v) is 4.83. The van der Waals surface area contributed by atoms with Crippen LogP contribution in [0.2, 0.25) is 5.02 Å². The van der Waals surface area contributed by atoms with Crippen LogP contribution in [0.1, 0.15) is 12.5 Å². The molecule has 100 valence electrons. The van der Waals surface area contributed by atoms with Crippen molar-refractivity contribution in [1.82, 2.24) is 9.55 Å². The highest BCUT2D eigenvalue weighted by atomic mass is 35.5. The first-order chi connectivity index (χ1) is 9.79. The summed E-state index contributed by atoms with van der Waals surface area (Å²) in [4.78, 5) is 9.04. The number of benzene rings is 2. The molecule has 1 heterocycles. The molecular weight excluding hydrogens is 270 g/mol. The Morgan fingerprint density at radius 2 is 1.90 bits per heavy atom. The number of nitrogens with zero attached hydrogens (tertiary/aromatic N) is 3. The highest BCUT2D eigenvalue weighted by Gasteiger charge is 2.07. The lowest BCUT2D eigenvalue weighted by molar-refractivity contribution is 0.790. The van der Waals surface area contributed by atoms with E-state index in [1.54, 1.807) is 6.21 Å². The van der Waals surface area contributed by atoms with Crippen molar-refractivity contribution < 1.29 is 0 Å². The standard InChI is InChI=1S/C16H14ClN3/c1-2-20-15-10-6-5-9-14(15)19-16(20)18-11-12-7-3-4-8-13(12)17/h3-11H,2H2,1H3. The van der Waals surface area contributed by atoms with Crippen molar-refractivity contribution in [2.24, 2.45) is 4.99 Å². The highest BCUT2D eigenvalue weighted by molar-refractivity contribution is 6.33. The van der Waals surface area contributed by atoms with Crippen LogP contribution >= 0.6 is 11.6 Å². The zero-order valence-corrected chi connectivity index (χ0v) is 11.9. The van der Waals surface area contributed by atoms with Crippen LogP contribution in [0.5, 0.6) is 0 Å². The number of halogens is 1. The second kappa shape index (κ2) is 5.47. The summed E-state index contributed by atoms with van der Waals surface area (Å²) in [6.45, 7) is 2.92. The molecule has 0 amide bonds. The van der Waals surface area contributed by atoms with Crippen molar-refractivity contribution in [2.45, 2.75) is 13.5 Å². The summed E-state index contributed by atoms with van der Waals surface area (Å²) in [5.74, 6) is 0.702. The molecule has 0 aliphatic carbocycles. The first-order valence-corrected chi connectivity index (χ1v) is 6.91. The Morgan fingerprint density at radius 1 is 1.15 bits per heavy atom. The van der Waals surface area contributed by atoms with E-state index in [0.717, 1.165) is 23.1 Å². The molecule has 0 saturated heterocycles. The molecule has 0 radical (unpaired) electrons. The molecule has 0 spiro atoms. The summed E-state index contributed by atoms with van der Waals surface area (Å²) in [6.07, 6.45) is 1.76. The van der Waals surface area contributed by atoms with Crippen LogP contribution in [0.15, 0.2) is 53.5 Å². The van der Waals surface area contributed by atoms with Gasteiger partial charge in [-0.05, 0) is 25.1 Å². The SMILES string of the molecule is CCn1c(N=Cc2ccccc2Cl)nc2ccccc21. The molecule has 0 bridgehead atoms. The molecule has 0 unspecified atom stereocenters. The van der Waals surface area contributed by atoms with E-state index in [-0.39, 0.29) is 0 Å². The molecule has 3 aromatic rings. The molecule has 0 aliphatic rings. The summed E-state index contributed by atoms with van der Waals surface area (Å²) in [5, 5.41) is 0.690. The minimum atomic E-state index is 0.690. The number of aryl methyl sites for hydroxylation is 1. The Bertz CT molecular complexity index is 774. The number of hydrogen-bond donors (Lipinski definition) is 0. The lowest BCUT2D eigenvalue weighted by Crippen LogP contribution is -1.93. The van der Waals surface area contributed by atoms with Crippen molar-refractivity contribution in [2.75, 3.05) is 0 Å². The van der Waals surface area contributed by atoms with Crippen LogP contribution in [-0.2, 0) is 6.54 Å². The minimum absolute atomic E-state index is 0.690. The maximum Gasteiger partial charge on any atom is 0.230 e. The summed E-state index contributed by atoms with van der Waals surface area (Å²) in [7, 11) is 0. The highest BCUT2D eigenvalue weighted by Crippen LogP contribution is 2.22. The Balaban J connectivity index is 2.05. The Labute approximate surface area is 122 Å². The zero-order valence-electron chi connectivity index (χ0n) is 11.1. The van der Waals surface area contributed by atoms with Crippen LogP contribution in [0, 0.1) is 0 Å². The quantitative estimate of drug-likeness (QED) is 0.653. The van der Waals surface area contributed by atoms with Gasteiger partial charge < -0.3 is 4.57 Å². The predicted molar refractivity (Wildman–Crippen MR) is 84.1 cm³/mol. The van der Waals surface area contributed by atoms with E-state index in [2.05, 4.69) is 27.5 Å². The third-order valence-electron chi connectivity index (χ3n) is 3.17. The van der Waals surface area contributed by atoms with Crippen molar-refractivity contribution in [3.05, 3.63) is 59.1 Å². The number of fused-ring (bicyclic) bond motifs is 1. The van der Waals surface area contributed by atoms with Gasteiger partial charge in [0, 0.05) is 23.3 Å². The van der Waals surface area contributed by atoms with Gasteiger partial charge in [-0.15, -0.1) is 0 Å². The Kier molecular flexibility index (Phi) is 3.52. The molecule has 0 fully saturated rings. The van der Waals surface area contributed by atoms with Gasteiger partial charge in [0.05, 0.1) is 11.0 Å². The van der Waals surface area contributed by atoms with E-state index in [1.807, 2.05) is 42.5 Å². The van der Waals surface area contributed by atoms with E-state index in [9.17, 15) is 0 Å². The molecule has 0 atom stereocenters. The molecule has 20 heavy (non-hydrogen) atoms. The molecule has 2 aromatic carbocycles. The molecule has 1 aromatic heterocycles. The van der Waals surface area contributed by atoms with Gasteiger partial charge in [0.2, 0.25) is 5.95 Å². The third kappa shape index (κ3) is 2.32. The van der Waals surface area contributed by atoms with Crippen LogP contribution in [0.25, 0.3) is 11.0 Å². The van der Waals surface area contributed by atoms with Gasteiger partial charge in [0.25, 0.3) is 0 Å². The average Bonchev–Trinajstić information content (AvgIpc) is 2.84. The molecule has 0 saturated carbocycles. The first kappa shape index (κ1) is 12.9. The number of rotatable bonds is 3. The van der Waals surface area contributed by atoms with Crippen molar-refractivity contribution in [3.63, 3.8) is 0 Å². The van der Waals surface area contributed by atoms with Crippen LogP contribution in [-0.4, -0.2) is 15.8 Å². The molecular formula is C16H14ClN3. The van der Waals surface area contributed by atoms with Gasteiger partial charge in [-0.3, -0.25) is 0 Å². The molecule has 0 N–H and O–H groups in total. The second-order valence-electron chi connectivity index (χ2n) is 4.42. The van der Waals surface area contributed by atoms with Gasteiger partial charge in [0.1, 0.15) is 0 Å².